The molecule has 112 valence electrons. The number of methoxy groups -OCH3 is 1. The molecular formula is C19H25NO. The Kier molecular flexibility index (Phi) is 5.82. The Hall–Kier alpha value is -1.80. The van der Waals surface area contributed by atoms with Gasteiger partial charge < -0.3 is 10.1 Å². The molecule has 0 radical (unpaired) electrons. The van der Waals surface area contributed by atoms with Gasteiger partial charge >= 0.3 is 0 Å². The fourth-order valence-electron chi connectivity index (χ4n) is 2.68. The van der Waals surface area contributed by atoms with E-state index in [1.807, 2.05) is 12.1 Å². The van der Waals surface area contributed by atoms with Crippen LogP contribution in [0.25, 0.3) is 0 Å². The van der Waals surface area contributed by atoms with Crippen molar-refractivity contribution in [2.45, 2.75) is 32.7 Å². The van der Waals surface area contributed by atoms with E-state index < -0.39 is 0 Å². The Morgan fingerprint density at radius 1 is 1.05 bits per heavy atom. The van der Waals surface area contributed by atoms with Crippen LogP contribution < -0.4 is 10.1 Å². The minimum absolute atomic E-state index is 0.322. The van der Waals surface area contributed by atoms with Crippen LogP contribution in [0.15, 0.2) is 48.5 Å². The predicted molar refractivity (Wildman–Crippen MR) is 88.9 cm³/mol. The molecule has 21 heavy (non-hydrogen) atoms. The van der Waals surface area contributed by atoms with E-state index in [0.29, 0.717) is 6.04 Å². The second-order valence-corrected chi connectivity index (χ2v) is 5.38. The molecule has 0 spiro atoms. The number of benzene rings is 2. The van der Waals surface area contributed by atoms with Crippen LogP contribution in [0.2, 0.25) is 0 Å². The first-order chi connectivity index (χ1) is 10.3. The van der Waals surface area contributed by atoms with Crippen molar-refractivity contribution in [2.24, 2.45) is 0 Å². The summed E-state index contributed by atoms with van der Waals surface area (Å²) >= 11 is 0. The monoisotopic (exact) mass is 283 g/mol. The van der Waals surface area contributed by atoms with Gasteiger partial charge in [0.1, 0.15) is 5.75 Å². The van der Waals surface area contributed by atoms with Crippen LogP contribution in [0.5, 0.6) is 5.75 Å². The third-order valence-electron chi connectivity index (χ3n) is 3.82. The van der Waals surface area contributed by atoms with Crippen LogP contribution in [0, 0.1) is 6.92 Å². The van der Waals surface area contributed by atoms with Crippen molar-refractivity contribution in [3.63, 3.8) is 0 Å². The zero-order valence-corrected chi connectivity index (χ0v) is 13.2. The van der Waals surface area contributed by atoms with Gasteiger partial charge in [-0.3, -0.25) is 0 Å². The van der Waals surface area contributed by atoms with E-state index in [9.17, 15) is 0 Å². The second kappa shape index (κ2) is 7.84. The fourth-order valence-corrected chi connectivity index (χ4v) is 2.68. The van der Waals surface area contributed by atoms with Gasteiger partial charge in [0.15, 0.2) is 0 Å². The summed E-state index contributed by atoms with van der Waals surface area (Å²) in [5, 5.41) is 3.67. The summed E-state index contributed by atoms with van der Waals surface area (Å²) in [6.07, 6.45) is 2.07. The third kappa shape index (κ3) is 4.08. The molecular weight excluding hydrogens is 258 g/mol. The number of aryl methyl sites for hydroxylation is 1. The second-order valence-electron chi connectivity index (χ2n) is 5.38. The maximum atomic E-state index is 5.49. The molecule has 0 bridgehead atoms. The maximum Gasteiger partial charge on any atom is 0.122 e. The zero-order chi connectivity index (χ0) is 15.1. The Morgan fingerprint density at radius 2 is 1.76 bits per heavy atom. The minimum Gasteiger partial charge on any atom is -0.496 e. The number of nitrogens with one attached hydrogen (secondary N) is 1. The summed E-state index contributed by atoms with van der Waals surface area (Å²) in [5.74, 6) is 0.967. The fraction of sp³-hybridized carbons (Fsp3) is 0.368. The number of hydrogen-bond donors (Lipinski definition) is 1. The molecule has 0 aromatic heterocycles. The molecule has 0 fully saturated rings. The average Bonchev–Trinajstić information content (AvgIpc) is 2.52. The van der Waals surface area contributed by atoms with E-state index in [-0.39, 0.29) is 0 Å². The minimum atomic E-state index is 0.322. The average molecular weight is 283 g/mol. The highest BCUT2D eigenvalue weighted by atomic mass is 16.5. The first-order valence-corrected chi connectivity index (χ1v) is 7.67. The summed E-state index contributed by atoms with van der Waals surface area (Å²) in [5.41, 5.74) is 3.95. The Morgan fingerprint density at radius 3 is 2.48 bits per heavy atom. The standard InChI is InChI=1S/C19H25NO/c1-4-13-20-18(17-11-7-5-9-15(17)2)14-16-10-6-8-12-19(16)21-3/h5-12,18,20H,4,13-14H2,1-3H3. The number of rotatable bonds is 7. The molecule has 2 aromatic carbocycles. The van der Waals surface area contributed by atoms with Gasteiger partial charge in [0.05, 0.1) is 7.11 Å². The lowest BCUT2D eigenvalue weighted by molar-refractivity contribution is 0.405. The van der Waals surface area contributed by atoms with Crippen molar-refractivity contribution < 1.29 is 4.74 Å². The summed E-state index contributed by atoms with van der Waals surface area (Å²) in [6, 6.07) is 17.2. The Bertz CT molecular complexity index is 565. The van der Waals surface area contributed by atoms with Gasteiger partial charge in [-0.2, -0.15) is 0 Å². The van der Waals surface area contributed by atoms with Gasteiger partial charge in [0, 0.05) is 6.04 Å². The van der Waals surface area contributed by atoms with Crippen molar-refractivity contribution >= 4 is 0 Å². The van der Waals surface area contributed by atoms with Crippen LogP contribution in [-0.2, 0) is 6.42 Å². The SMILES string of the molecule is CCCNC(Cc1ccccc1OC)c1ccccc1C. The molecule has 0 aliphatic heterocycles. The van der Waals surface area contributed by atoms with Crippen molar-refractivity contribution in [1.29, 1.82) is 0 Å². The van der Waals surface area contributed by atoms with Gasteiger partial charge in [0.2, 0.25) is 0 Å². The zero-order valence-electron chi connectivity index (χ0n) is 13.2. The van der Waals surface area contributed by atoms with E-state index in [1.54, 1.807) is 7.11 Å². The molecule has 2 aromatic rings. The molecule has 0 saturated heterocycles. The number of hydrogen-bond acceptors (Lipinski definition) is 2. The van der Waals surface area contributed by atoms with Gasteiger partial charge in [-0.25, -0.2) is 0 Å². The third-order valence-corrected chi connectivity index (χ3v) is 3.82. The highest BCUT2D eigenvalue weighted by Gasteiger charge is 2.15. The lowest BCUT2D eigenvalue weighted by Crippen LogP contribution is -2.25. The highest BCUT2D eigenvalue weighted by molar-refractivity contribution is 5.36. The first kappa shape index (κ1) is 15.6. The normalized spacial score (nSPS) is 12.1. The smallest absolute Gasteiger partial charge is 0.122 e. The number of para-hydroxylation sites is 1. The van der Waals surface area contributed by atoms with Crippen LogP contribution >= 0.6 is 0 Å². The van der Waals surface area contributed by atoms with Gasteiger partial charge in [-0.1, -0.05) is 49.4 Å². The number of ether oxygens (including phenoxy) is 1. The molecule has 0 aliphatic carbocycles. The van der Waals surface area contributed by atoms with E-state index in [1.165, 1.54) is 16.7 Å². The summed E-state index contributed by atoms with van der Waals surface area (Å²) in [7, 11) is 1.74. The summed E-state index contributed by atoms with van der Waals surface area (Å²) in [6.45, 7) is 5.40. The molecule has 0 saturated carbocycles. The molecule has 2 rings (SSSR count). The van der Waals surface area contributed by atoms with Gasteiger partial charge in [-0.15, -0.1) is 0 Å². The quantitative estimate of drug-likeness (QED) is 0.818. The van der Waals surface area contributed by atoms with Crippen molar-refractivity contribution in [3.8, 4) is 5.75 Å². The molecule has 0 aliphatic rings. The van der Waals surface area contributed by atoms with Crippen molar-refractivity contribution in [1.82, 2.24) is 5.32 Å². The molecule has 0 heterocycles. The van der Waals surface area contributed by atoms with E-state index in [4.69, 9.17) is 4.74 Å². The highest BCUT2D eigenvalue weighted by Crippen LogP contribution is 2.26. The topological polar surface area (TPSA) is 21.3 Å². The molecule has 1 N–H and O–H groups in total. The lowest BCUT2D eigenvalue weighted by Gasteiger charge is -2.22. The van der Waals surface area contributed by atoms with E-state index in [0.717, 1.165) is 25.1 Å². The molecule has 0 amide bonds. The maximum absolute atomic E-state index is 5.49. The molecule has 2 nitrogen and oxygen atoms in total. The van der Waals surface area contributed by atoms with Crippen molar-refractivity contribution in [2.75, 3.05) is 13.7 Å². The molecule has 1 unspecified atom stereocenters. The van der Waals surface area contributed by atoms with Crippen LogP contribution in [0.1, 0.15) is 36.1 Å². The lowest BCUT2D eigenvalue weighted by atomic mass is 9.95. The van der Waals surface area contributed by atoms with Crippen molar-refractivity contribution in [3.05, 3.63) is 65.2 Å². The van der Waals surface area contributed by atoms with Crippen LogP contribution in [-0.4, -0.2) is 13.7 Å². The summed E-state index contributed by atoms with van der Waals surface area (Å²) in [4.78, 5) is 0. The van der Waals surface area contributed by atoms with Gasteiger partial charge in [-0.05, 0) is 49.1 Å². The van der Waals surface area contributed by atoms with Gasteiger partial charge in [0.25, 0.3) is 0 Å². The largest absolute Gasteiger partial charge is 0.496 e. The van der Waals surface area contributed by atoms with E-state index >= 15 is 0 Å². The first-order valence-electron chi connectivity index (χ1n) is 7.67. The van der Waals surface area contributed by atoms with Crippen LogP contribution in [0.3, 0.4) is 0 Å². The Balaban J connectivity index is 2.26. The Labute approximate surface area is 128 Å². The summed E-state index contributed by atoms with van der Waals surface area (Å²) < 4.78 is 5.49. The van der Waals surface area contributed by atoms with Crippen LogP contribution in [0.4, 0.5) is 0 Å². The van der Waals surface area contributed by atoms with E-state index in [2.05, 4.69) is 55.6 Å². The molecule has 2 heteroatoms. The predicted octanol–water partition coefficient (Wildman–Crippen LogP) is 4.29. The molecule has 1 atom stereocenters.